The third kappa shape index (κ3) is 4.89. The molecule has 0 aromatic heterocycles. The van der Waals surface area contributed by atoms with E-state index in [1.54, 1.807) is 18.9 Å². The first-order valence-electron chi connectivity index (χ1n) is 4.79. The van der Waals surface area contributed by atoms with Crippen LogP contribution in [0.2, 0.25) is 5.02 Å². The predicted molar refractivity (Wildman–Crippen MR) is 67.5 cm³/mol. The van der Waals surface area contributed by atoms with Gasteiger partial charge in [0, 0.05) is 29.7 Å². The summed E-state index contributed by atoms with van der Waals surface area (Å²) in [5.41, 5.74) is 6.97. The Morgan fingerprint density at radius 3 is 2.87 bits per heavy atom. The molecule has 1 aromatic rings. The lowest BCUT2D eigenvalue weighted by molar-refractivity contribution is 0.186. The van der Waals surface area contributed by atoms with Crippen molar-refractivity contribution in [1.29, 1.82) is 0 Å². The SMILES string of the molecule is COCC(N)CSCc1ccccc1Cl. The topological polar surface area (TPSA) is 35.2 Å². The van der Waals surface area contributed by atoms with Crippen molar-refractivity contribution in [3.05, 3.63) is 34.9 Å². The van der Waals surface area contributed by atoms with Crippen molar-refractivity contribution in [2.75, 3.05) is 19.5 Å². The maximum Gasteiger partial charge on any atom is 0.0621 e. The van der Waals surface area contributed by atoms with Crippen LogP contribution in [0.1, 0.15) is 5.56 Å². The van der Waals surface area contributed by atoms with Gasteiger partial charge in [-0.3, -0.25) is 0 Å². The molecule has 84 valence electrons. The van der Waals surface area contributed by atoms with Gasteiger partial charge in [0.25, 0.3) is 0 Å². The minimum absolute atomic E-state index is 0.0995. The fourth-order valence-corrected chi connectivity index (χ4v) is 2.47. The Bertz CT molecular complexity index is 296. The molecule has 0 aliphatic carbocycles. The summed E-state index contributed by atoms with van der Waals surface area (Å²) in [4.78, 5) is 0. The molecule has 0 heterocycles. The zero-order valence-electron chi connectivity index (χ0n) is 8.78. The molecule has 0 bridgehead atoms. The lowest BCUT2D eigenvalue weighted by Crippen LogP contribution is -2.28. The number of methoxy groups -OCH3 is 1. The van der Waals surface area contributed by atoms with E-state index in [9.17, 15) is 0 Å². The molecule has 1 unspecified atom stereocenters. The average Bonchev–Trinajstić information content (AvgIpc) is 2.21. The molecule has 1 rings (SSSR count). The smallest absolute Gasteiger partial charge is 0.0621 e. The molecule has 0 aliphatic heterocycles. The van der Waals surface area contributed by atoms with E-state index in [0.717, 1.165) is 22.1 Å². The number of benzene rings is 1. The molecule has 4 heteroatoms. The first-order valence-corrected chi connectivity index (χ1v) is 6.33. The van der Waals surface area contributed by atoms with Gasteiger partial charge in [0.1, 0.15) is 0 Å². The van der Waals surface area contributed by atoms with Crippen molar-refractivity contribution >= 4 is 23.4 Å². The highest BCUT2D eigenvalue weighted by Crippen LogP contribution is 2.20. The third-order valence-electron chi connectivity index (χ3n) is 1.93. The fourth-order valence-electron chi connectivity index (χ4n) is 1.20. The van der Waals surface area contributed by atoms with Gasteiger partial charge in [-0.15, -0.1) is 0 Å². The van der Waals surface area contributed by atoms with Gasteiger partial charge < -0.3 is 10.5 Å². The van der Waals surface area contributed by atoms with Crippen molar-refractivity contribution in [2.24, 2.45) is 5.73 Å². The largest absolute Gasteiger partial charge is 0.383 e. The van der Waals surface area contributed by atoms with Crippen molar-refractivity contribution in [2.45, 2.75) is 11.8 Å². The molecule has 2 N–H and O–H groups in total. The summed E-state index contributed by atoms with van der Waals surface area (Å²) >= 11 is 7.81. The van der Waals surface area contributed by atoms with Crippen LogP contribution in [-0.2, 0) is 10.5 Å². The quantitative estimate of drug-likeness (QED) is 0.837. The second-order valence-electron chi connectivity index (χ2n) is 3.32. The monoisotopic (exact) mass is 245 g/mol. The standard InChI is InChI=1S/C11H16ClNOS/c1-14-6-10(13)8-15-7-9-4-2-3-5-11(9)12/h2-5,10H,6-8,13H2,1H3. The summed E-state index contributed by atoms with van der Waals surface area (Å²) < 4.78 is 4.97. The summed E-state index contributed by atoms with van der Waals surface area (Å²) in [7, 11) is 1.67. The molecule has 0 spiro atoms. The molecule has 0 aliphatic rings. The van der Waals surface area contributed by atoms with E-state index in [0.29, 0.717) is 6.61 Å². The molecule has 1 atom stereocenters. The lowest BCUT2D eigenvalue weighted by atomic mass is 10.2. The molecule has 15 heavy (non-hydrogen) atoms. The van der Waals surface area contributed by atoms with E-state index in [1.807, 2.05) is 24.3 Å². The van der Waals surface area contributed by atoms with E-state index in [4.69, 9.17) is 22.1 Å². The second kappa shape index (κ2) is 7.12. The highest BCUT2D eigenvalue weighted by molar-refractivity contribution is 7.98. The van der Waals surface area contributed by atoms with E-state index in [-0.39, 0.29) is 6.04 Å². The molecule has 0 saturated heterocycles. The summed E-state index contributed by atoms with van der Waals surface area (Å²) in [6.45, 7) is 0.607. The van der Waals surface area contributed by atoms with Crippen LogP contribution in [0.3, 0.4) is 0 Å². The first-order chi connectivity index (χ1) is 7.24. The van der Waals surface area contributed by atoms with Gasteiger partial charge in [-0.05, 0) is 11.6 Å². The Labute approximate surface area is 100 Å². The van der Waals surface area contributed by atoms with Gasteiger partial charge in [-0.2, -0.15) is 11.8 Å². The van der Waals surface area contributed by atoms with Gasteiger partial charge in [0.05, 0.1) is 6.61 Å². The highest BCUT2D eigenvalue weighted by Gasteiger charge is 2.03. The molecule has 0 radical (unpaired) electrons. The predicted octanol–water partition coefficient (Wildman–Crippen LogP) is 2.55. The van der Waals surface area contributed by atoms with Crippen LogP contribution in [0.4, 0.5) is 0 Å². The Morgan fingerprint density at radius 1 is 1.47 bits per heavy atom. The number of hydrogen-bond donors (Lipinski definition) is 1. The van der Waals surface area contributed by atoms with Crippen molar-refractivity contribution < 1.29 is 4.74 Å². The van der Waals surface area contributed by atoms with Gasteiger partial charge in [-0.25, -0.2) is 0 Å². The lowest BCUT2D eigenvalue weighted by Gasteiger charge is -2.10. The van der Waals surface area contributed by atoms with Crippen LogP contribution < -0.4 is 5.73 Å². The van der Waals surface area contributed by atoms with Crippen molar-refractivity contribution in [3.63, 3.8) is 0 Å². The molecular weight excluding hydrogens is 230 g/mol. The maximum absolute atomic E-state index is 6.03. The van der Waals surface area contributed by atoms with Gasteiger partial charge in [0.15, 0.2) is 0 Å². The van der Waals surface area contributed by atoms with Crippen LogP contribution in [-0.4, -0.2) is 25.5 Å². The van der Waals surface area contributed by atoms with Crippen LogP contribution in [0.15, 0.2) is 24.3 Å². The van der Waals surface area contributed by atoms with Crippen LogP contribution >= 0.6 is 23.4 Å². The average molecular weight is 246 g/mol. The molecule has 2 nitrogen and oxygen atoms in total. The summed E-state index contributed by atoms with van der Waals surface area (Å²) in [5.74, 6) is 1.79. The van der Waals surface area contributed by atoms with E-state index in [1.165, 1.54) is 0 Å². The van der Waals surface area contributed by atoms with Gasteiger partial charge in [0.2, 0.25) is 0 Å². The van der Waals surface area contributed by atoms with Crippen LogP contribution in [0.5, 0.6) is 0 Å². The Balaban J connectivity index is 2.29. The van der Waals surface area contributed by atoms with Crippen molar-refractivity contribution in [3.8, 4) is 0 Å². The summed E-state index contributed by atoms with van der Waals surface area (Å²) in [6, 6.07) is 7.98. The first kappa shape index (κ1) is 12.8. The fraction of sp³-hybridized carbons (Fsp3) is 0.455. The van der Waals surface area contributed by atoms with Crippen LogP contribution in [0.25, 0.3) is 0 Å². The number of hydrogen-bond acceptors (Lipinski definition) is 3. The maximum atomic E-state index is 6.03. The number of ether oxygens (including phenoxy) is 1. The van der Waals surface area contributed by atoms with Crippen LogP contribution in [0, 0.1) is 0 Å². The molecule has 0 fully saturated rings. The number of rotatable bonds is 6. The van der Waals surface area contributed by atoms with Gasteiger partial charge >= 0.3 is 0 Å². The van der Waals surface area contributed by atoms with E-state index in [2.05, 4.69) is 0 Å². The zero-order chi connectivity index (χ0) is 11.1. The third-order valence-corrected chi connectivity index (χ3v) is 3.48. The second-order valence-corrected chi connectivity index (χ2v) is 4.76. The normalized spacial score (nSPS) is 12.7. The minimum Gasteiger partial charge on any atom is -0.383 e. The Hall–Kier alpha value is -0.220. The highest BCUT2D eigenvalue weighted by atomic mass is 35.5. The Morgan fingerprint density at radius 2 is 2.20 bits per heavy atom. The van der Waals surface area contributed by atoms with Crippen molar-refractivity contribution in [1.82, 2.24) is 0 Å². The number of halogens is 1. The van der Waals surface area contributed by atoms with E-state index >= 15 is 0 Å². The molecular formula is C11H16ClNOS. The number of thioether (sulfide) groups is 1. The molecule has 0 amide bonds. The van der Waals surface area contributed by atoms with Gasteiger partial charge in [-0.1, -0.05) is 29.8 Å². The summed E-state index contributed by atoms with van der Waals surface area (Å²) in [5, 5.41) is 0.824. The Kier molecular flexibility index (Phi) is 6.10. The summed E-state index contributed by atoms with van der Waals surface area (Å²) in [6.07, 6.45) is 0. The molecule has 0 saturated carbocycles. The van der Waals surface area contributed by atoms with E-state index < -0.39 is 0 Å². The minimum atomic E-state index is 0.0995. The zero-order valence-corrected chi connectivity index (χ0v) is 10.4. The molecule has 1 aromatic carbocycles. The number of nitrogens with two attached hydrogens (primary N) is 1.